The number of hydrazine groups is 1. The summed E-state index contributed by atoms with van der Waals surface area (Å²) in [6, 6.07) is 1.24. The molecule has 1 amide bonds. The molecule has 0 bridgehead atoms. The predicted molar refractivity (Wildman–Crippen MR) is 82.6 cm³/mol. The first kappa shape index (κ1) is 16.5. The van der Waals surface area contributed by atoms with Crippen LogP contribution in [0.1, 0.15) is 27.7 Å². The van der Waals surface area contributed by atoms with Gasteiger partial charge in [-0.25, -0.2) is 15.8 Å². The van der Waals surface area contributed by atoms with E-state index in [9.17, 15) is 4.79 Å². The first-order valence-corrected chi connectivity index (χ1v) is 7.46. The van der Waals surface area contributed by atoms with Crippen LogP contribution in [-0.4, -0.2) is 33.7 Å². The third kappa shape index (κ3) is 5.22. The number of nitrogens with one attached hydrogen (secondary N) is 3. The van der Waals surface area contributed by atoms with E-state index in [1.807, 2.05) is 27.0 Å². The summed E-state index contributed by atoms with van der Waals surface area (Å²) < 4.78 is 0. The Bertz CT molecular complexity index is 451. The molecular formula is C12H22N6OS. The molecule has 0 aliphatic carbocycles. The number of aromatic nitrogens is 2. The van der Waals surface area contributed by atoms with Gasteiger partial charge in [0.15, 0.2) is 5.16 Å². The van der Waals surface area contributed by atoms with Gasteiger partial charge in [-0.3, -0.25) is 4.79 Å². The molecule has 1 rings (SSSR count). The number of amides is 1. The maximum Gasteiger partial charge on any atom is 0.242 e. The highest BCUT2D eigenvalue weighted by Crippen LogP contribution is 2.17. The zero-order chi connectivity index (χ0) is 15.3. The van der Waals surface area contributed by atoms with Crippen LogP contribution in [0.3, 0.4) is 0 Å². The molecule has 0 aliphatic rings. The number of carbonyl (C=O) groups excluding carboxylic acids is 1. The number of nitrogens with two attached hydrogens (primary N) is 1. The van der Waals surface area contributed by atoms with Gasteiger partial charge in [-0.15, -0.1) is 0 Å². The third-order valence-corrected chi connectivity index (χ3v) is 2.84. The second kappa shape index (κ2) is 6.76. The van der Waals surface area contributed by atoms with Crippen molar-refractivity contribution in [3.63, 3.8) is 0 Å². The van der Waals surface area contributed by atoms with Gasteiger partial charge in [-0.05, 0) is 34.0 Å². The zero-order valence-electron chi connectivity index (χ0n) is 12.4. The topological polar surface area (TPSA) is 105 Å². The molecule has 112 valence electrons. The largest absolute Gasteiger partial charge is 0.358 e. The van der Waals surface area contributed by atoms with Gasteiger partial charge < -0.3 is 16.1 Å². The highest BCUT2D eigenvalue weighted by atomic mass is 32.2. The van der Waals surface area contributed by atoms with Crippen LogP contribution in [0.4, 0.5) is 11.6 Å². The average Bonchev–Trinajstić information content (AvgIpc) is 2.36. The summed E-state index contributed by atoms with van der Waals surface area (Å²) in [6.45, 7) is 7.58. The second-order valence-electron chi connectivity index (χ2n) is 5.37. The van der Waals surface area contributed by atoms with Gasteiger partial charge >= 0.3 is 0 Å². The molecule has 0 saturated heterocycles. The lowest BCUT2D eigenvalue weighted by molar-refractivity contribution is -0.122. The first-order valence-electron chi connectivity index (χ1n) is 6.23. The van der Waals surface area contributed by atoms with Crippen LogP contribution < -0.4 is 21.9 Å². The maximum atomic E-state index is 12.0. The third-order valence-electron chi connectivity index (χ3n) is 2.29. The van der Waals surface area contributed by atoms with Crippen molar-refractivity contribution < 1.29 is 4.79 Å². The number of hydrogen-bond acceptors (Lipinski definition) is 7. The van der Waals surface area contributed by atoms with Gasteiger partial charge in [-0.2, -0.15) is 0 Å². The van der Waals surface area contributed by atoms with Crippen LogP contribution in [0.25, 0.3) is 0 Å². The van der Waals surface area contributed by atoms with Crippen molar-refractivity contribution in [3.8, 4) is 0 Å². The van der Waals surface area contributed by atoms with Gasteiger partial charge in [-0.1, -0.05) is 11.8 Å². The van der Waals surface area contributed by atoms with E-state index in [0.717, 1.165) is 0 Å². The molecule has 0 saturated carbocycles. The van der Waals surface area contributed by atoms with Crippen LogP contribution in [0.15, 0.2) is 11.2 Å². The molecule has 0 fully saturated rings. The molecule has 0 aromatic carbocycles. The smallest absolute Gasteiger partial charge is 0.242 e. The van der Waals surface area contributed by atoms with Gasteiger partial charge in [0.25, 0.3) is 0 Å². The fraction of sp³-hybridized carbons (Fsp3) is 0.583. The summed E-state index contributed by atoms with van der Waals surface area (Å²) in [7, 11) is 0. The quantitative estimate of drug-likeness (QED) is 0.280. The van der Waals surface area contributed by atoms with Crippen LogP contribution in [0.2, 0.25) is 0 Å². The summed E-state index contributed by atoms with van der Waals surface area (Å²) in [5, 5.41) is 6.52. The Kier molecular flexibility index (Phi) is 5.58. The molecule has 1 atom stereocenters. The summed E-state index contributed by atoms with van der Waals surface area (Å²) in [6.07, 6.45) is 1.87. The second-order valence-corrected chi connectivity index (χ2v) is 6.15. The van der Waals surface area contributed by atoms with Crippen molar-refractivity contribution in [2.75, 3.05) is 17.0 Å². The molecule has 7 nitrogen and oxygen atoms in total. The molecule has 1 unspecified atom stereocenters. The molecule has 8 heteroatoms. The van der Waals surface area contributed by atoms with E-state index in [-0.39, 0.29) is 11.4 Å². The fourth-order valence-electron chi connectivity index (χ4n) is 1.43. The van der Waals surface area contributed by atoms with E-state index in [2.05, 4.69) is 26.0 Å². The molecular weight excluding hydrogens is 276 g/mol. The van der Waals surface area contributed by atoms with E-state index in [0.29, 0.717) is 16.8 Å². The number of anilines is 2. The van der Waals surface area contributed by atoms with Crippen molar-refractivity contribution in [3.05, 3.63) is 6.07 Å². The van der Waals surface area contributed by atoms with Crippen molar-refractivity contribution in [1.82, 2.24) is 15.3 Å². The number of carbonyl (C=O) groups is 1. The Hall–Kier alpha value is -1.54. The maximum absolute atomic E-state index is 12.0. The number of thioether (sulfide) groups is 1. The summed E-state index contributed by atoms with van der Waals surface area (Å²) in [5.41, 5.74) is 2.21. The Morgan fingerprint density at radius 1 is 1.35 bits per heavy atom. The standard InChI is InChI=1S/C12H22N6OS/c1-7(10(19)17-12(2,3)4)14-8-6-9(18-13)16-11(15-8)20-5/h6-7H,13H2,1-5H3,(H,17,19)(H2,14,15,16,18). The minimum atomic E-state index is -0.413. The number of rotatable bonds is 5. The zero-order valence-corrected chi connectivity index (χ0v) is 13.3. The Labute approximate surface area is 123 Å². The number of nitrogen functional groups attached to an aromatic ring is 1. The Morgan fingerprint density at radius 3 is 2.45 bits per heavy atom. The normalized spacial score (nSPS) is 12.7. The highest BCUT2D eigenvalue weighted by Gasteiger charge is 2.19. The lowest BCUT2D eigenvalue weighted by Crippen LogP contribution is -2.47. The molecule has 20 heavy (non-hydrogen) atoms. The van der Waals surface area contributed by atoms with Crippen molar-refractivity contribution in [1.29, 1.82) is 0 Å². The lowest BCUT2D eigenvalue weighted by atomic mass is 10.1. The molecule has 5 N–H and O–H groups in total. The van der Waals surface area contributed by atoms with Gasteiger partial charge in [0.1, 0.15) is 17.7 Å². The molecule has 1 heterocycles. The van der Waals surface area contributed by atoms with Gasteiger partial charge in [0.2, 0.25) is 5.91 Å². The van der Waals surface area contributed by atoms with Crippen LogP contribution in [0.5, 0.6) is 0 Å². The van der Waals surface area contributed by atoms with E-state index < -0.39 is 6.04 Å². The minimum absolute atomic E-state index is 0.0935. The first-order chi connectivity index (χ1) is 9.25. The predicted octanol–water partition coefficient (Wildman–Crippen LogP) is 1.20. The summed E-state index contributed by atoms with van der Waals surface area (Å²) in [4.78, 5) is 20.5. The van der Waals surface area contributed by atoms with E-state index in [4.69, 9.17) is 5.84 Å². The minimum Gasteiger partial charge on any atom is -0.358 e. The van der Waals surface area contributed by atoms with E-state index in [1.54, 1.807) is 13.0 Å². The molecule has 0 spiro atoms. The average molecular weight is 298 g/mol. The fourth-order valence-corrected chi connectivity index (χ4v) is 1.81. The van der Waals surface area contributed by atoms with Gasteiger partial charge in [0, 0.05) is 11.6 Å². The van der Waals surface area contributed by atoms with Crippen LogP contribution >= 0.6 is 11.8 Å². The lowest BCUT2D eigenvalue weighted by Gasteiger charge is -2.24. The monoisotopic (exact) mass is 298 g/mol. The number of hydrogen-bond donors (Lipinski definition) is 4. The van der Waals surface area contributed by atoms with Crippen LogP contribution in [-0.2, 0) is 4.79 Å². The SMILES string of the molecule is CSc1nc(NN)cc(NC(C)C(=O)NC(C)(C)C)n1. The molecule has 0 radical (unpaired) electrons. The molecule has 0 aliphatic heterocycles. The van der Waals surface area contributed by atoms with E-state index in [1.165, 1.54) is 11.8 Å². The van der Waals surface area contributed by atoms with Crippen molar-refractivity contribution >= 4 is 29.3 Å². The Morgan fingerprint density at radius 2 is 1.95 bits per heavy atom. The number of nitrogens with zero attached hydrogens (tertiary/aromatic N) is 2. The highest BCUT2D eigenvalue weighted by molar-refractivity contribution is 7.98. The Balaban J connectivity index is 2.79. The van der Waals surface area contributed by atoms with Crippen molar-refractivity contribution in [2.24, 2.45) is 5.84 Å². The van der Waals surface area contributed by atoms with Crippen LogP contribution in [0, 0.1) is 0 Å². The van der Waals surface area contributed by atoms with E-state index >= 15 is 0 Å². The van der Waals surface area contributed by atoms with Gasteiger partial charge in [0.05, 0.1) is 0 Å². The summed E-state index contributed by atoms with van der Waals surface area (Å²) >= 11 is 1.40. The summed E-state index contributed by atoms with van der Waals surface area (Å²) in [5.74, 6) is 6.31. The molecule has 1 aromatic rings. The van der Waals surface area contributed by atoms with Crippen molar-refractivity contribution in [2.45, 2.75) is 44.4 Å². The molecule has 1 aromatic heterocycles.